The van der Waals surface area contributed by atoms with Crippen molar-refractivity contribution in [1.82, 2.24) is 4.98 Å². The molecule has 0 fully saturated rings. The van der Waals surface area contributed by atoms with Crippen molar-refractivity contribution in [1.29, 1.82) is 5.26 Å². The third-order valence-electron chi connectivity index (χ3n) is 3.42. The molecule has 108 valence electrons. The number of hydrogen-bond acceptors (Lipinski definition) is 3. The first kappa shape index (κ1) is 15.0. The molecule has 1 aromatic carbocycles. The number of benzene rings is 1. The van der Waals surface area contributed by atoms with Gasteiger partial charge in [0, 0.05) is 17.3 Å². The second-order valence-electron chi connectivity index (χ2n) is 4.92. The molecule has 1 heterocycles. The summed E-state index contributed by atoms with van der Waals surface area (Å²) in [7, 11) is 0. The Morgan fingerprint density at radius 2 is 2.14 bits per heavy atom. The van der Waals surface area contributed by atoms with E-state index in [0.29, 0.717) is 22.9 Å². The van der Waals surface area contributed by atoms with Gasteiger partial charge in [0.05, 0.1) is 11.6 Å². The minimum Gasteiger partial charge on any atom is -0.473 e. The molecule has 1 unspecified atom stereocenters. The van der Waals surface area contributed by atoms with Crippen LogP contribution in [0.25, 0.3) is 0 Å². The summed E-state index contributed by atoms with van der Waals surface area (Å²) in [6.45, 7) is 4.30. The number of aromatic nitrogens is 1. The molecule has 21 heavy (non-hydrogen) atoms. The first-order chi connectivity index (χ1) is 10.1. The maximum atomic E-state index is 13.8. The van der Waals surface area contributed by atoms with Crippen LogP contribution >= 0.6 is 0 Å². The fourth-order valence-electron chi connectivity index (χ4n) is 1.88. The third-order valence-corrected chi connectivity index (χ3v) is 3.42. The molecule has 0 saturated carbocycles. The van der Waals surface area contributed by atoms with Gasteiger partial charge in [0.1, 0.15) is 12.4 Å². The van der Waals surface area contributed by atoms with Gasteiger partial charge in [0.2, 0.25) is 5.88 Å². The van der Waals surface area contributed by atoms with Crippen LogP contribution in [0.5, 0.6) is 5.88 Å². The summed E-state index contributed by atoms with van der Waals surface area (Å²) in [6, 6.07) is 11.9. The fourth-order valence-corrected chi connectivity index (χ4v) is 1.88. The van der Waals surface area contributed by atoms with Crippen LogP contribution in [-0.2, 0) is 6.61 Å². The number of halogens is 1. The lowest BCUT2D eigenvalue weighted by Crippen LogP contribution is -2.02. The molecule has 1 atom stereocenters. The van der Waals surface area contributed by atoms with Gasteiger partial charge in [-0.05, 0) is 30.5 Å². The molecule has 0 aliphatic heterocycles. The van der Waals surface area contributed by atoms with Crippen LogP contribution in [-0.4, -0.2) is 4.98 Å². The van der Waals surface area contributed by atoms with Gasteiger partial charge in [-0.3, -0.25) is 0 Å². The molecular weight excluding hydrogens is 267 g/mol. The molecule has 1 aromatic heterocycles. The highest BCUT2D eigenvalue weighted by Gasteiger charge is 2.08. The van der Waals surface area contributed by atoms with Crippen molar-refractivity contribution in [2.45, 2.75) is 32.8 Å². The smallest absolute Gasteiger partial charge is 0.213 e. The van der Waals surface area contributed by atoms with E-state index in [2.05, 4.69) is 18.8 Å². The molecule has 2 aromatic rings. The Hall–Kier alpha value is -2.41. The molecule has 4 heteroatoms. The predicted octanol–water partition coefficient (Wildman–Crippen LogP) is 4.18. The minimum absolute atomic E-state index is 0.0918. The van der Waals surface area contributed by atoms with Crippen molar-refractivity contribution in [3.05, 3.63) is 59.0 Å². The van der Waals surface area contributed by atoms with Gasteiger partial charge in [-0.25, -0.2) is 9.37 Å². The lowest BCUT2D eigenvalue weighted by atomic mass is 10.0. The van der Waals surface area contributed by atoms with Crippen LogP contribution in [0.1, 0.15) is 43.0 Å². The van der Waals surface area contributed by atoms with Crippen molar-refractivity contribution in [2.75, 3.05) is 0 Å². The Kier molecular flexibility index (Phi) is 4.89. The molecule has 0 N–H and O–H groups in total. The summed E-state index contributed by atoms with van der Waals surface area (Å²) in [6.07, 6.45) is 1.00. The van der Waals surface area contributed by atoms with E-state index in [1.807, 2.05) is 18.2 Å². The Bertz CT molecular complexity index is 664. The maximum absolute atomic E-state index is 13.8. The SMILES string of the molecule is CCC(C)c1cccc(OCc2ccc(C#N)cc2F)n1. The number of ether oxygens (including phenoxy) is 1. The summed E-state index contributed by atoms with van der Waals surface area (Å²) in [5.41, 5.74) is 1.67. The summed E-state index contributed by atoms with van der Waals surface area (Å²) >= 11 is 0. The number of pyridine rings is 1. The van der Waals surface area contributed by atoms with Gasteiger partial charge in [-0.1, -0.05) is 26.0 Å². The minimum atomic E-state index is -0.438. The lowest BCUT2D eigenvalue weighted by Gasteiger charge is -2.11. The van der Waals surface area contributed by atoms with Gasteiger partial charge in [0.25, 0.3) is 0 Å². The van der Waals surface area contributed by atoms with E-state index in [1.54, 1.807) is 18.2 Å². The highest BCUT2D eigenvalue weighted by atomic mass is 19.1. The van der Waals surface area contributed by atoms with E-state index in [-0.39, 0.29) is 6.61 Å². The van der Waals surface area contributed by atoms with E-state index in [1.165, 1.54) is 6.07 Å². The zero-order valence-corrected chi connectivity index (χ0v) is 12.1. The quantitative estimate of drug-likeness (QED) is 0.827. The highest BCUT2D eigenvalue weighted by Crippen LogP contribution is 2.20. The van der Waals surface area contributed by atoms with Crippen LogP contribution in [0, 0.1) is 17.1 Å². The van der Waals surface area contributed by atoms with Crippen LogP contribution in [0.4, 0.5) is 4.39 Å². The first-order valence-corrected chi connectivity index (χ1v) is 6.92. The van der Waals surface area contributed by atoms with E-state index < -0.39 is 5.82 Å². The summed E-state index contributed by atoms with van der Waals surface area (Å²) < 4.78 is 19.3. The standard InChI is InChI=1S/C17H17FN2O/c1-3-12(2)16-5-4-6-17(20-16)21-11-14-8-7-13(10-19)9-15(14)18/h4-9,12H,3,11H2,1-2H3. The molecule has 0 spiro atoms. The second-order valence-corrected chi connectivity index (χ2v) is 4.92. The lowest BCUT2D eigenvalue weighted by molar-refractivity contribution is 0.286. The van der Waals surface area contributed by atoms with Crippen molar-refractivity contribution in [3.8, 4) is 11.9 Å². The average Bonchev–Trinajstić information content (AvgIpc) is 2.53. The average molecular weight is 284 g/mol. The van der Waals surface area contributed by atoms with Crippen molar-refractivity contribution >= 4 is 0 Å². The Balaban J connectivity index is 2.08. The van der Waals surface area contributed by atoms with Gasteiger partial charge >= 0.3 is 0 Å². The second kappa shape index (κ2) is 6.85. The number of nitriles is 1. The molecule has 0 aliphatic carbocycles. The highest BCUT2D eigenvalue weighted by molar-refractivity contribution is 5.32. The Morgan fingerprint density at radius 3 is 2.81 bits per heavy atom. The zero-order chi connectivity index (χ0) is 15.2. The van der Waals surface area contributed by atoms with Crippen LogP contribution in [0.2, 0.25) is 0 Å². The Labute approximate surface area is 124 Å². The molecule has 3 nitrogen and oxygen atoms in total. The van der Waals surface area contributed by atoms with Gasteiger partial charge in [0.15, 0.2) is 0 Å². The van der Waals surface area contributed by atoms with Gasteiger partial charge in [-0.15, -0.1) is 0 Å². The third kappa shape index (κ3) is 3.79. The van der Waals surface area contributed by atoms with Crippen LogP contribution in [0.15, 0.2) is 36.4 Å². The molecule has 2 rings (SSSR count). The van der Waals surface area contributed by atoms with Crippen LogP contribution in [0.3, 0.4) is 0 Å². The first-order valence-electron chi connectivity index (χ1n) is 6.92. The van der Waals surface area contributed by atoms with E-state index in [0.717, 1.165) is 12.1 Å². The molecular formula is C17H17FN2O. The zero-order valence-electron chi connectivity index (χ0n) is 12.1. The maximum Gasteiger partial charge on any atom is 0.213 e. The number of nitrogens with zero attached hydrogens (tertiary/aromatic N) is 2. The van der Waals surface area contributed by atoms with Crippen molar-refractivity contribution in [3.63, 3.8) is 0 Å². The molecule has 0 saturated heterocycles. The van der Waals surface area contributed by atoms with Gasteiger partial charge in [-0.2, -0.15) is 5.26 Å². The van der Waals surface area contributed by atoms with Crippen molar-refractivity contribution < 1.29 is 9.13 Å². The number of rotatable bonds is 5. The van der Waals surface area contributed by atoms with E-state index >= 15 is 0 Å². The molecule has 0 amide bonds. The monoisotopic (exact) mass is 284 g/mol. The summed E-state index contributed by atoms with van der Waals surface area (Å²) in [4.78, 5) is 4.42. The normalized spacial score (nSPS) is 11.7. The van der Waals surface area contributed by atoms with Gasteiger partial charge < -0.3 is 4.74 Å². The predicted molar refractivity (Wildman–Crippen MR) is 78.4 cm³/mol. The molecule has 0 bridgehead atoms. The van der Waals surface area contributed by atoms with E-state index in [4.69, 9.17) is 10.00 Å². The molecule has 0 aliphatic rings. The Morgan fingerprint density at radius 1 is 1.33 bits per heavy atom. The number of hydrogen-bond donors (Lipinski definition) is 0. The van der Waals surface area contributed by atoms with Crippen molar-refractivity contribution in [2.24, 2.45) is 0 Å². The summed E-state index contributed by atoms with van der Waals surface area (Å²) in [5.74, 6) is 0.406. The molecule has 0 radical (unpaired) electrons. The summed E-state index contributed by atoms with van der Waals surface area (Å²) in [5, 5.41) is 8.71. The topological polar surface area (TPSA) is 45.9 Å². The van der Waals surface area contributed by atoms with Crippen LogP contribution < -0.4 is 4.74 Å². The largest absolute Gasteiger partial charge is 0.473 e. The van der Waals surface area contributed by atoms with E-state index in [9.17, 15) is 4.39 Å². The fraction of sp³-hybridized carbons (Fsp3) is 0.294.